The molecular formula is C21H27NO3S. The summed E-state index contributed by atoms with van der Waals surface area (Å²) < 4.78 is 10.3. The largest absolute Gasteiger partial charge is 0.497 e. The first-order chi connectivity index (χ1) is 12.6. The molecule has 5 heteroatoms. The third-order valence-corrected chi connectivity index (χ3v) is 5.10. The molecule has 140 valence electrons. The molecule has 4 nitrogen and oxygen atoms in total. The van der Waals surface area contributed by atoms with Crippen LogP contribution in [0.15, 0.2) is 53.4 Å². The molecular weight excluding hydrogens is 346 g/mol. The van der Waals surface area contributed by atoms with E-state index in [-0.39, 0.29) is 11.9 Å². The van der Waals surface area contributed by atoms with Crippen molar-refractivity contribution in [2.24, 2.45) is 0 Å². The van der Waals surface area contributed by atoms with Gasteiger partial charge in [0.15, 0.2) is 0 Å². The van der Waals surface area contributed by atoms with Crippen LogP contribution in [-0.2, 0) is 11.2 Å². The van der Waals surface area contributed by atoms with Crippen LogP contribution in [0.3, 0.4) is 0 Å². The smallest absolute Gasteiger partial charge is 0.221 e. The van der Waals surface area contributed by atoms with Crippen LogP contribution in [-0.4, -0.2) is 31.9 Å². The molecule has 0 bridgehead atoms. The van der Waals surface area contributed by atoms with Gasteiger partial charge in [-0.15, -0.1) is 11.8 Å². The van der Waals surface area contributed by atoms with Crippen molar-refractivity contribution in [3.63, 3.8) is 0 Å². The van der Waals surface area contributed by atoms with E-state index in [1.54, 1.807) is 26.0 Å². The van der Waals surface area contributed by atoms with E-state index < -0.39 is 0 Å². The number of amides is 1. The first-order valence-corrected chi connectivity index (χ1v) is 9.78. The highest BCUT2D eigenvalue weighted by molar-refractivity contribution is 7.99. The number of thioether (sulfide) groups is 1. The quantitative estimate of drug-likeness (QED) is 0.630. The Kier molecular flexibility index (Phi) is 8.35. The first kappa shape index (κ1) is 20.2. The van der Waals surface area contributed by atoms with E-state index in [0.29, 0.717) is 6.42 Å². The average molecular weight is 374 g/mol. The number of carbonyl (C=O) groups excluding carboxylic acids is 1. The molecule has 0 heterocycles. The molecule has 26 heavy (non-hydrogen) atoms. The molecule has 0 aliphatic carbocycles. The summed E-state index contributed by atoms with van der Waals surface area (Å²) in [6.45, 7) is 2.05. The van der Waals surface area contributed by atoms with Crippen molar-refractivity contribution < 1.29 is 14.3 Å². The van der Waals surface area contributed by atoms with Gasteiger partial charge >= 0.3 is 0 Å². The van der Waals surface area contributed by atoms with Crippen molar-refractivity contribution in [2.75, 3.05) is 20.0 Å². The lowest BCUT2D eigenvalue weighted by Crippen LogP contribution is -2.33. The van der Waals surface area contributed by atoms with Gasteiger partial charge < -0.3 is 14.8 Å². The molecule has 2 rings (SSSR count). The van der Waals surface area contributed by atoms with E-state index in [1.165, 1.54) is 5.56 Å². The maximum Gasteiger partial charge on any atom is 0.221 e. The average Bonchev–Trinajstić information content (AvgIpc) is 2.67. The fourth-order valence-corrected chi connectivity index (χ4v) is 3.38. The van der Waals surface area contributed by atoms with Crippen LogP contribution in [0, 0.1) is 0 Å². The van der Waals surface area contributed by atoms with E-state index in [1.807, 2.05) is 36.4 Å². The molecule has 0 saturated carbocycles. The molecule has 1 unspecified atom stereocenters. The van der Waals surface area contributed by atoms with E-state index in [4.69, 9.17) is 9.47 Å². The van der Waals surface area contributed by atoms with Crippen molar-refractivity contribution in [1.29, 1.82) is 0 Å². The number of aryl methyl sites for hydroxylation is 1. The van der Waals surface area contributed by atoms with Gasteiger partial charge in [-0.05, 0) is 61.7 Å². The molecule has 0 fully saturated rings. The maximum absolute atomic E-state index is 12.1. The van der Waals surface area contributed by atoms with Crippen molar-refractivity contribution >= 4 is 17.7 Å². The third kappa shape index (κ3) is 7.00. The summed E-state index contributed by atoms with van der Waals surface area (Å²) in [5.41, 5.74) is 1.25. The number of nitrogens with one attached hydrogen (secondary N) is 1. The van der Waals surface area contributed by atoms with Crippen molar-refractivity contribution in [2.45, 2.75) is 37.1 Å². The van der Waals surface area contributed by atoms with Crippen LogP contribution < -0.4 is 14.8 Å². The Morgan fingerprint density at radius 2 is 1.58 bits per heavy atom. The maximum atomic E-state index is 12.1. The number of methoxy groups -OCH3 is 2. The van der Waals surface area contributed by atoms with Crippen LogP contribution in [0.2, 0.25) is 0 Å². The van der Waals surface area contributed by atoms with Crippen LogP contribution in [0.5, 0.6) is 11.5 Å². The number of hydrogen-bond acceptors (Lipinski definition) is 4. The van der Waals surface area contributed by atoms with Gasteiger partial charge in [-0.3, -0.25) is 4.79 Å². The van der Waals surface area contributed by atoms with Crippen molar-refractivity contribution in [3.8, 4) is 11.5 Å². The van der Waals surface area contributed by atoms with Gasteiger partial charge in [0.25, 0.3) is 0 Å². The summed E-state index contributed by atoms with van der Waals surface area (Å²) in [7, 11) is 3.32. The topological polar surface area (TPSA) is 47.6 Å². The Labute approximate surface area is 160 Å². The Morgan fingerprint density at radius 1 is 1.00 bits per heavy atom. The normalized spacial score (nSPS) is 11.7. The number of carbonyl (C=O) groups is 1. The van der Waals surface area contributed by atoms with Gasteiger partial charge in [-0.2, -0.15) is 0 Å². The standard InChI is InChI=1S/C21H27NO3S/c1-16(4-5-17-6-8-18(24-2)9-7-17)22-21(23)14-15-26-20-12-10-19(25-3)11-13-20/h6-13,16H,4-5,14-15H2,1-3H3,(H,22,23). The van der Waals surface area contributed by atoms with E-state index in [9.17, 15) is 4.79 Å². The first-order valence-electron chi connectivity index (χ1n) is 8.80. The number of ether oxygens (including phenoxy) is 2. The molecule has 2 aromatic rings. The predicted molar refractivity (Wildman–Crippen MR) is 107 cm³/mol. The molecule has 0 aliphatic heterocycles. The Balaban J connectivity index is 1.64. The van der Waals surface area contributed by atoms with Crippen LogP contribution in [0.1, 0.15) is 25.3 Å². The van der Waals surface area contributed by atoms with Gasteiger partial charge in [0, 0.05) is 23.1 Å². The zero-order valence-electron chi connectivity index (χ0n) is 15.7. The molecule has 0 aromatic heterocycles. The molecule has 0 spiro atoms. The van der Waals surface area contributed by atoms with E-state index in [2.05, 4.69) is 24.4 Å². The predicted octanol–water partition coefficient (Wildman–Crippen LogP) is 4.32. The lowest BCUT2D eigenvalue weighted by Gasteiger charge is -2.14. The second-order valence-corrected chi connectivity index (χ2v) is 7.30. The number of rotatable bonds is 10. The lowest BCUT2D eigenvalue weighted by atomic mass is 10.1. The van der Waals surface area contributed by atoms with Gasteiger partial charge in [-0.25, -0.2) is 0 Å². The van der Waals surface area contributed by atoms with Gasteiger partial charge in [-0.1, -0.05) is 12.1 Å². The number of benzene rings is 2. The minimum Gasteiger partial charge on any atom is -0.497 e. The number of hydrogen-bond donors (Lipinski definition) is 1. The summed E-state index contributed by atoms with van der Waals surface area (Å²) in [6.07, 6.45) is 2.37. The molecule has 1 amide bonds. The highest BCUT2D eigenvalue weighted by Gasteiger charge is 2.08. The zero-order valence-corrected chi connectivity index (χ0v) is 16.5. The molecule has 0 radical (unpaired) electrons. The van der Waals surface area contributed by atoms with Crippen molar-refractivity contribution in [1.82, 2.24) is 5.32 Å². The van der Waals surface area contributed by atoms with Gasteiger partial charge in [0.2, 0.25) is 5.91 Å². The fraction of sp³-hybridized carbons (Fsp3) is 0.381. The second-order valence-electron chi connectivity index (χ2n) is 6.13. The minimum absolute atomic E-state index is 0.105. The Bertz CT molecular complexity index is 671. The lowest BCUT2D eigenvalue weighted by molar-refractivity contribution is -0.121. The SMILES string of the molecule is COc1ccc(CCC(C)NC(=O)CCSc2ccc(OC)cc2)cc1. The Hall–Kier alpha value is -2.14. The van der Waals surface area contributed by atoms with Crippen LogP contribution in [0.25, 0.3) is 0 Å². The summed E-state index contributed by atoms with van der Waals surface area (Å²) in [5.74, 6) is 2.58. The summed E-state index contributed by atoms with van der Waals surface area (Å²) in [5, 5.41) is 3.08. The van der Waals surface area contributed by atoms with Gasteiger partial charge in [0.1, 0.15) is 11.5 Å². The molecule has 1 atom stereocenters. The summed E-state index contributed by atoms with van der Waals surface area (Å²) >= 11 is 1.68. The highest BCUT2D eigenvalue weighted by atomic mass is 32.2. The van der Waals surface area contributed by atoms with Crippen LogP contribution >= 0.6 is 11.8 Å². The zero-order chi connectivity index (χ0) is 18.8. The molecule has 0 saturated heterocycles. The highest BCUT2D eigenvalue weighted by Crippen LogP contribution is 2.21. The van der Waals surface area contributed by atoms with Gasteiger partial charge in [0.05, 0.1) is 14.2 Å². The van der Waals surface area contributed by atoms with Crippen molar-refractivity contribution in [3.05, 3.63) is 54.1 Å². The second kappa shape index (κ2) is 10.8. The fourth-order valence-electron chi connectivity index (χ4n) is 2.53. The minimum atomic E-state index is 0.105. The van der Waals surface area contributed by atoms with E-state index >= 15 is 0 Å². The monoisotopic (exact) mass is 373 g/mol. The Morgan fingerprint density at radius 3 is 2.15 bits per heavy atom. The molecule has 2 aromatic carbocycles. The summed E-state index contributed by atoms with van der Waals surface area (Å²) in [6, 6.07) is 16.1. The van der Waals surface area contributed by atoms with Crippen LogP contribution in [0.4, 0.5) is 0 Å². The molecule has 1 N–H and O–H groups in total. The third-order valence-electron chi connectivity index (χ3n) is 4.09. The molecule has 0 aliphatic rings. The van der Waals surface area contributed by atoms with E-state index in [0.717, 1.165) is 35.0 Å². The summed E-state index contributed by atoms with van der Waals surface area (Å²) in [4.78, 5) is 13.2.